The van der Waals surface area contributed by atoms with Crippen LogP contribution in [0.3, 0.4) is 0 Å². The van der Waals surface area contributed by atoms with Gasteiger partial charge in [0, 0.05) is 11.9 Å². The third kappa shape index (κ3) is 2.25. The van der Waals surface area contributed by atoms with Gasteiger partial charge in [0.2, 0.25) is 0 Å². The Kier molecular flexibility index (Phi) is 3.41. The number of pyridine rings is 1. The third-order valence-corrected chi connectivity index (χ3v) is 2.49. The van der Waals surface area contributed by atoms with Crippen LogP contribution in [0.1, 0.15) is 28.7 Å². The van der Waals surface area contributed by atoms with Gasteiger partial charge in [0.25, 0.3) is 0 Å². The minimum absolute atomic E-state index is 0.338. The molecule has 18 heavy (non-hydrogen) atoms. The number of aryl methyl sites for hydroxylation is 2. The lowest BCUT2D eigenvalue weighted by atomic mass is 10.2. The van der Waals surface area contributed by atoms with Gasteiger partial charge in [-0.2, -0.15) is 5.10 Å². The van der Waals surface area contributed by atoms with E-state index in [9.17, 15) is 4.79 Å². The number of carbonyl (C=O) groups is 1. The number of hydrogen-bond donors (Lipinski definition) is 0. The molecule has 0 N–H and O–H groups in total. The molecule has 0 spiro atoms. The van der Waals surface area contributed by atoms with Crippen LogP contribution in [0.25, 0.3) is 5.82 Å². The van der Waals surface area contributed by atoms with Crippen molar-refractivity contribution >= 4 is 5.97 Å². The van der Waals surface area contributed by atoms with E-state index >= 15 is 0 Å². The van der Waals surface area contributed by atoms with Crippen LogP contribution in [-0.2, 0) is 4.74 Å². The number of hydrogen-bond acceptors (Lipinski definition) is 4. The van der Waals surface area contributed by atoms with Gasteiger partial charge >= 0.3 is 5.97 Å². The van der Waals surface area contributed by atoms with E-state index < -0.39 is 0 Å². The van der Waals surface area contributed by atoms with E-state index in [1.165, 1.54) is 0 Å². The van der Waals surface area contributed by atoms with Crippen LogP contribution in [-0.4, -0.2) is 27.3 Å². The summed E-state index contributed by atoms with van der Waals surface area (Å²) in [6.45, 7) is 5.93. The zero-order valence-electron chi connectivity index (χ0n) is 10.7. The van der Waals surface area contributed by atoms with Crippen LogP contribution in [0.5, 0.6) is 0 Å². The maximum atomic E-state index is 11.9. The van der Waals surface area contributed by atoms with Gasteiger partial charge in [0.15, 0.2) is 5.82 Å². The van der Waals surface area contributed by atoms with Crippen molar-refractivity contribution in [3.8, 4) is 5.82 Å². The molecule has 0 bridgehead atoms. The fourth-order valence-electron chi connectivity index (χ4n) is 1.78. The van der Waals surface area contributed by atoms with Crippen LogP contribution >= 0.6 is 0 Å². The highest BCUT2D eigenvalue weighted by molar-refractivity contribution is 5.92. The van der Waals surface area contributed by atoms with Gasteiger partial charge in [-0.1, -0.05) is 0 Å². The van der Waals surface area contributed by atoms with Crippen LogP contribution in [0, 0.1) is 13.8 Å². The molecular weight excluding hydrogens is 230 g/mol. The van der Waals surface area contributed by atoms with Crippen LogP contribution in [0.4, 0.5) is 0 Å². The van der Waals surface area contributed by atoms with Crippen LogP contribution in [0.15, 0.2) is 24.4 Å². The van der Waals surface area contributed by atoms with Gasteiger partial charge < -0.3 is 4.74 Å². The molecule has 0 amide bonds. The van der Waals surface area contributed by atoms with Crippen LogP contribution < -0.4 is 0 Å². The molecule has 2 aromatic heterocycles. The lowest BCUT2D eigenvalue weighted by molar-refractivity contribution is 0.0525. The lowest BCUT2D eigenvalue weighted by Crippen LogP contribution is -2.12. The van der Waals surface area contributed by atoms with Gasteiger partial charge in [-0.3, -0.25) is 0 Å². The van der Waals surface area contributed by atoms with Crippen molar-refractivity contribution in [3.63, 3.8) is 0 Å². The second-order valence-corrected chi connectivity index (χ2v) is 3.93. The van der Waals surface area contributed by atoms with Crippen molar-refractivity contribution in [2.75, 3.05) is 6.61 Å². The fraction of sp³-hybridized carbons (Fsp3) is 0.308. The van der Waals surface area contributed by atoms with Crippen LogP contribution in [0.2, 0.25) is 0 Å². The summed E-state index contributed by atoms with van der Waals surface area (Å²) in [6, 6.07) is 5.34. The van der Waals surface area contributed by atoms with E-state index in [0.29, 0.717) is 18.0 Å². The molecule has 0 saturated carbocycles. The third-order valence-electron chi connectivity index (χ3n) is 2.49. The summed E-state index contributed by atoms with van der Waals surface area (Å²) in [5.74, 6) is 0.120. The topological polar surface area (TPSA) is 57.0 Å². The summed E-state index contributed by atoms with van der Waals surface area (Å²) in [4.78, 5) is 16.1. The lowest BCUT2D eigenvalue weighted by Gasteiger charge is -2.08. The average molecular weight is 245 g/mol. The predicted molar refractivity (Wildman–Crippen MR) is 66.8 cm³/mol. The summed E-state index contributed by atoms with van der Waals surface area (Å²) in [7, 11) is 0. The molecule has 5 heteroatoms. The monoisotopic (exact) mass is 245 g/mol. The zero-order valence-corrected chi connectivity index (χ0v) is 10.7. The minimum Gasteiger partial charge on any atom is -0.462 e. The van der Waals surface area contributed by atoms with E-state index in [4.69, 9.17) is 4.74 Å². The zero-order chi connectivity index (χ0) is 13.1. The smallest absolute Gasteiger partial charge is 0.341 e. The first-order valence-electron chi connectivity index (χ1n) is 5.79. The molecule has 5 nitrogen and oxygen atoms in total. The summed E-state index contributed by atoms with van der Waals surface area (Å²) in [5.41, 5.74) is 2.23. The molecule has 0 aliphatic heterocycles. The van der Waals surface area contributed by atoms with E-state index in [1.807, 2.05) is 19.9 Å². The number of nitrogens with zero attached hydrogens (tertiary/aromatic N) is 3. The number of rotatable bonds is 3. The maximum Gasteiger partial charge on any atom is 0.341 e. The summed E-state index contributed by atoms with van der Waals surface area (Å²) in [5, 5.41) is 4.33. The predicted octanol–water partition coefficient (Wildman–Crippen LogP) is 2.06. The highest BCUT2D eigenvalue weighted by Crippen LogP contribution is 2.15. The number of ether oxygens (including phenoxy) is 1. The molecule has 94 valence electrons. The molecule has 2 aromatic rings. The standard InChI is InChI=1S/C13H15N3O2/c1-4-18-13(17)11-6-5-7-14-12(11)16-10(3)8-9(2)15-16/h5-8H,4H2,1-3H3. The molecule has 0 atom stereocenters. The first-order valence-corrected chi connectivity index (χ1v) is 5.79. The molecule has 0 radical (unpaired) electrons. The summed E-state index contributed by atoms with van der Waals surface area (Å²) in [6.07, 6.45) is 1.63. The molecule has 2 heterocycles. The Hall–Kier alpha value is -2.17. The Bertz CT molecular complexity index is 575. The second kappa shape index (κ2) is 5.00. The highest BCUT2D eigenvalue weighted by Gasteiger charge is 2.16. The molecule has 0 aromatic carbocycles. The van der Waals surface area contributed by atoms with Gasteiger partial charge in [0.1, 0.15) is 5.56 Å². The van der Waals surface area contributed by atoms with Crippen molar-refractivity contribution in [2.24, 2.45) is 0 Å². The van der Waals surface area contributed by atoms with E-state index in [-0.39, 0.29) is 5.97 Å². The number of esters is 1. The quantitative estimate of drug-likeness (QED) is 0.777. The normalized spacial score (nSPS) is 10.4. The molecule has 0 aliphatic rings. The Labute approximate surface area is 105 Å². The number of aromatic nitrogens is 3. The van der Waals surface area contributed by atoms with E-state index in [0.717, 1.165) is 11.4 Å². The van der Waals surface area contributed by atoms with Crippen molar-refractivity contribution in [1.29, 1.82) is 0 Å². The molecule has 0 unspecified atom stereocenters. The maximum absolute atomic E-state index is 11.9. The van der Waals surface area contributed by atoms with Gasteiger partial charge in [-0.05, 0) is 39.0 Å². The van der Waals surface area contributed by atoms with E-state index in [2.05, 4.69) is 10.1 Å². The summed E-state index contributed by atoms with van der Waals surface area (Å²) < 4.78 is 6.67. The van der Waals surface area contributed by atoms with Crippen molar-refractivity contribution in [3.05, 3.63) is 41.3 Å². The molecule has 0 saturated heterocycles. The van der Waals surface area contributed by atoms with Gasteiger partial charge in [0.05, 0.1) is 12.3 Å². The Balaban J connectivity index is 2.51. The van der Waals surface area contributed by atoms with Gasteiger partial charge in [-0.15, -0.1) is 0 Å². The highest BCUT2D eigenvalue weighted by atomic mass is 16.5. The van der Waals surface area contributed by atoms with E-state index in [1.54, 1.807) is 29.9 Å². The Morgan fingerprint density at radius 2 is 2.22 bits per heavy atom. The first kappa shape index (κ1) is 12.3. The largest absolute Gasteiger partial charge is 0.462 e. The van der Waals surface area contributed by atoms with Gasteiger partial charge in [-0.25, -0.2) is 14.5 Å². The SMILES string of the molecule is CCOC(=O)c1cccnc1-n1nc(C)cc1C. The Morgan fingerprint density at radius 1 is 1.44 bits per heavy atom. The van der Waals surface area contributed by atoms with Crippen molar-refractivity contribution in [2.45, 2.75) is 20.8 Å². The molecular formula is C13H15N3O2. The number of carbonyl (C=O) groups excluding carboxylic acids is 1. The minimum atomic E-state index is -0.381. The molecule has 0 aliphatic carbocycles. The molecule has 0 fully saturated rings. The van der Waals surface area contributed by atoms with Crippen molar-refractivity contribution in [1.82, 2.24) is 14.8 Å². The Morgan fingerprint density at radius 3 is 2.83 bits per heavy atom. The summed E-state index contributed by atoms with van der Waals surface area (Å²) >= 11 is 0. The second-order valence-electron chi connectivity index (χ2n) is 3.93. The fourth-order valence-corrected chi connectivity index (χ4v) is 1.78. The first-order chi connectivity index (χ1) is 8.63. The van der Waals surface area contributed by atoms with Crippen molar-refractivity contribution < 1.29 is 9.53 Å². The molecule has 2 rings (SSSR count). The average Bonchev–Trinajstić information content (AvgIpc) is 2.69.